The van der Waals surface area contributed by atoms with Gasteiger partial charge in [-0.1, -0.05) is 24.3 Å². The summed E-state index contributed by atoms with van der Waals surface area (Å²) in [7, 11) is 0. The summed E-state index contributed by atoms with van der Waals surface area (Å²) in [5, 5.41) is 12.0. The molecule has 1 aromatic carbocycles. The highest BCUT2D eigenvalue weighted by molar-refractivity contribution is 5.73. The molecule has 2 atom stereocenters. The average Bonchev–Trinajstić information content (AvgIpc) is 2.39. The van der Waals surface area contributed by atoms with Crippen LogP contribution in [0.15, 0.2) is 24.3 Å². The van der Waals surface area contributed by atoms with Gasteiger partial charge in [-0.2, -0.15) is 0 Å². The first-order valence-electron chi connectivity index (χ1n) is 5.96. The summed E-state index contributed by atoms with van der Waals surface area (Å²) in [4.78, 5) is 10.8. The number of carboxylic acid groups (broad SMARTS) is 1. The van der Waals surface area contributed by atoms with Gasteiger partial charge in [0.2, 0.25) is 0 Å². The van der Waals surface area contributed by atoms with Crippen LogP contribution in [0.3, 0.4) is 0 Å². The van der Waals surface area contributed by atoms with E-state index >= 15 is 0 Å². The lowest BCUT2D eigenvalue weighted by Gasteiger charge is -2.27. The Kier molecular flexibility index (Phi) is 3.76. The van der Waals surface area contributed by atoms with E-state index < -0.39 is 5.97 Å². The van der Waals surface area contributed by atoms with Crippen LogP contribution in [0.4, 0.5) is 0 Å². The molecule has 1 aliphatic heterocycles. The van der Waals surface area contributed by atoms with Gasteiger partial charge in [0.05, 0.1) is 0 Å². The molecule has 92 valence electrons. The number of benzene rings is 1. The average molecular weight is 234 g/mol. The summed E-state index contributed by atoms with van der Waals surface area (Å²) in [6.45, 7) is 1.29. The molecule has 4 nitrogen and oxygen atoms in total. The molecule has 2 unspecified atom stereocenters. The van der Waals surface area contributed by atoms with Crippen molar-refractivity contribution in [2.45, 2.75) is 31.3 Å². The van der Waals surface area contributed by atoms with Crippen molar-refractivity contribution < 1.29 is 9.90 Å². The van der Waals surface area contributed by atoms with Crippen LogP contribution in [0.2, 0.25) is 0 Å². The zero-order valence-corrected chi connectivity index (χ0v) is 9.73. The molecule has 17 heavy (non-hydrogen) atoms. The second kappa shape index (κ2) is 5.29. The minimum atomic E-state index is -0.748. The first kappa shape index (κ1) is 12.1. The highest BCUT2D eigenvalue weighted by atomic mass is 16.4. The lowest BCUT2D eigenvalue weighted by atomic mass is 9.88. The Balaban J connectivity index is 1.97. The Morgan fingerprint density at radius 3 is 2.53 bits per heavy atom. The molecule has 0 saturated carbocycles. The number of carbonyl (C=O) groups is 1. The molecule has 1 aliphatic rings. The van der Waals surface area contributed by atoms with Gasteiger partial charge >= 0.3 is 5.97 Å². The molecule has 4 heteroatoms. The van der Waals surface area contributed by atoms with Crippen LogP contribution in [-0.4, -0.2) is 23.7 Å². The van der Waals surface area contributed by atoms with E-state index in [2.05, 4.69) is 17.4 Å². The quantitative estimate of drug-likeness (QED) is 0.731. The standard InChI is InChI=1S/C13H18N2O2/c14-7-9-1-3-10(4-2-9)11-5-6-12(13(16)17)15-8-11/h1-4,11-12,15H,5-8,14H2,(H,16,17). The van der Waals surface area contributed by atoms with Crippen LogP contribution in [0.25, 0.3) is 0 Å². The number of rotatable bonds is 3. The molecule has 4 N–H and O–H groups in total. The molecular formula is C13H18N2O2. The smallest absolute Gasteiger partial charge is 0.320 e. The molecular weight excluding hydrogens is 216 g/mol. The first-order chi connectivity index (χ1) is 8.20. The zero-order chi connectivity index (χ0) is 12.3. The van der Waals surface area contributed by atoms with E-state index in [1.807, 2.05) is 12.1 Å². The van der Waals surface area contributed by atoms with Gasteiger partial charge in [0.1, 0.15) is 6.04 Å². The van der Waals surface area contributed by atoms with E-state index in [0.717, 1.165) is 18.5 Å². The van der Waals surface area contributed by atoms with E-state index in [9.17, 15) is 4.79 Å². The molecule has 0 aromatic heterocycles. The number of nitrogens with one attached hydrogen (secondary N) is 1. The molecule has 1 saturated heterocycles. The second-order valence-electron chi connectivity index (χ2n) is 4.52. The fraction of sp³-hybridized carbons (Fsp3) is 0.462. The van der Waals surface area contributed by atoms with Gasteiger partial charge in [0, 0.05) is 13.1 Å². The van der Waals surface area contributed by atoms with Crippen molar-refractivity contribution in [1.29, 1.82) is 0 Å². The van der Waals surface area contributed by atoms with Crippen LogP contribution in [0.1, 0.15) is 29.9 Å². The zero-order valence-electron chi connectivity index (χ0n) is 9.73. The van der Waals surface area contributed by atoms with Gasteiger partial charge in [0.15, 0.2) is 0 Å². The summed E-state index contributed by atoms with van der Waals surface area (Å²) < 4.78 is 0. The SMILES string of the molecule is NCc1ccc(C2CCC(C(=O)O)NC2)cc1. The van der Waals surface area contributed by atoms with Gasteiger partial charge in [-0.3, -0.25) is 4.79 Å². The first-order valence-corrected chi connectivity index (χ1v) is 5.96. The summed E-state index contributed by atoms with van der Waals surface area (Å²) in [6, 6.07) is 7.89. The van der Waals surface area contributed by atoms with E-state index in [1.165, 1.54) is 5.56 Å². The molecule has 0 aliphatic carbocycles. The van der Waals surface area contributed by atoms with Crippen molar-refractivity contribution in [1.82, 2.24) is 5.32 Å². The normalized spacial score (nSPS) is 24.5. The van der Waals surface area contributed by atoms with Crippen molar-refractivity contribution in [2.75, 3.05) is 6.54 Å². The Morgan fingerprint density at radius 2 is 2.06 bits per heavy atom. The summed E-state index contributed by atoms with van der Waals surface area (Å²) in [6.07, 6.45) is 1.62. The lowest BCUT2D eigenvalue weighted by Crippen LogP contribution is -2.43. The number of carboxylic acids is 1. The molecule has 0 spiro atoms. The van der Waals surface area contributed by atoms with Crippen LogP contribution in [-0.2, 0) is 11.3 Å². The molecule has 0 radical (unpaired) electrons. The van der Waals surface area contributed by atoms with Gasteiger partial charge in [-0.15, -0.1) is 0 Å². The monoisotopic (exact) mass is 234 g/mol. The third-order valence-corrected chi connectivity index (χ3v) is 3.40. The minimum Gasteiger partial charge on any atom is -0.480 e. The van der Waals surface area contributed by atoms with Gasteiger partial charge < -0.3 is 16.2 Å². The van der Waals surface area contributed by atoms with Crippen molar-refractivity contribution in [2.24, 2.45) is 5.73 Å². The van der Waals surface area contributed by atoms with Crippen LogP contribution in [0, 0.1) is 0 Å². The largest absolute Gasteiger partial charge is 0.480 e. The summed E-state index contributed by atoms with van der Waals surface area (Å²) >= 11 is 0. The molecule has 0 bridgehead atoms. The Labute approximate surface area is 101 Å². The van der Waals surface area contributed by atoms with E-state index in [-0.39, 0.29) is 6.04 Å². The molecule has 1 heterocycles. The number of aliphatic carboxylic acids is 1. The van der Waals surface area contributed by atoms with Crippen molar-refractivity contribution in [3.05, 3.63) is 35.4 Å². The van der Waals surface area contributed by atoms with Crippen molar-refractivity contribution >= 4 is 5.97 Å². The molecule has 2 rings (SSSR count). The minimum absolute atomic E-state index is 0.380. The predicted octanol–water partition coefficient (Wildman–Crippen LogP) is 1.07. The topological polar surface area (TPSA) is 75.4 Å². The number of piperidine rings is 1. The van der Waals surface area contributed by atoms with Crippen LogP contribution in [0.5, 0.6) is 0 Å². The fourth-order valence-corrected chi connectivity index (χ4v) is 2.28. The summed E-state index contributed by atoms with van der Waals surface area (Å²) in [5.41, 5.74) is 7.94. The predicted molar refractivity (Wildman–Crippen MR) is 65.7 cm³/mol. The van der Waals surface area contributed by atoms with E-state index in [4.69, 9.17) is 10.8 Å². The lowest BCUT2D eigenvalue weighted by molar-refractivity contribution is -0.140. The third kappa shape index (κ3) is 2.84. The van der Waals surface area contributed by atoms with Crippen LogP contribution >= 0.6 is 0 Å². The maximum absolute atomic E-state index is 10.8. The fourth-order valence-electron chi connectivity index (χ4n) is 2.28. The highest BCUT2D eigenvalue weighted by Crippen LogP contribution is 2.25. The second-order valence-corrected chi connectivity index (χ2v) is 4.52. The van der Waals surface area contributed by atoms with Gasteiger partial charge in [-0.25, -0.2) is 0 Å². The molecule has 1 aromatic rings. The number of nitrogens with two attached hydrogens (primary N) is 1. The Bertz CT molecular complexity index is 381. The summed E-state index contributed by atoms with van der Waals surface area (Å²) in [5.74, 6) is -0.334. The Morgan fingerprint density at radius 1 is 1.35 bits per heavy atom. The highest BCUT2D eigenvalue weighted by Gasteiger charge is 2.25. The number of hydrogen-bond acceptors (Lipinski definition) is 3. The van der Waals surface area contributed by atoms with Crippen molar-refractivity contribution in [3.63, 3.8) is 0 Å². The molecule has 0 amide bonds. The van der Waals surface area contributed by atoms with E-state index in [1.54, 1.807) is 0 Å². The van der Waals surface area contributed by atoms with Gasteiger partial charge in [0.25, 0.3) is 0 Å². The van der Waals surface area contributed by atoms with Crippen LogP contribution < -0.4 is 11.1 Å². The molecule has 1 fully saturated rings. The third-order valence-electron chi connectivity index (χ3n) is 3.40. The maximum Gasteiger partial charge on any atom is 0.320 e. The Hall–Kier alpha value is -1.39. The van der Waals surface area contributed by atoms with Gasteiger partial charge in [-0.05, 0) is 29.9 Å². The maximum atomic E-state index is 10.8. The van der Waals surface area contributed by atoms with Crippen molar-refractivity contribution in [3.8, 4) is 0 Å². The number of hydrogen-bond donors (Lipinski definition) is 3. The van der Waals surface area contributed by atoms with E-state index in [0.29, 0.717) is 18.9 Å².